The van der Waals surface area contributed by atoms with Gasteiger partial charge >= 0.3 is 5.97 Å². The van der Waals surface area contributed by atoms with E-state index in [1.807, 2.05) is 0 Å². The molecule has 1 aliphatic carbocycles. The third-order valence-electron chi connectivity index (χ3n) is 3.44. The maximum atomic E-state index is 11.8. The second-order valence-electron chi connectivity index (χ2n) is 4.91. The molecule has 0 saturated heterocycles. The molecule has 0 unspecified atom stereocenters. The van der Waals surface area contributed by atoms with Gasteiger partial charge in [-0.15, -0.1) is 0 Å². The Balaban J connectivity index is 1.84. The molecule has 1 aromatic carbocycles. The highest BCUT2D eigenvalue weighted by atomic mass is 35.5. The molecule has 1 aliphatic rings. The van der Waals surface area contributed by atoms with Crippen LogP contribution in [0.3, 0.4) is 0 Å². The first kappa shape index (κ1) is 15.9. The normalized spacial score (nSPS) is 21.0. The summed E-state index contributed by atoms with van der Waals surface area (Å²) in [7, 11) is 0. The highest BCUT2D eigenvalue weighted by molar-refractivity contribution is 6.42. The van der Waals surface area contributed by atoms with Crippen LogP contribution in [-0.4, -0.2) is 29.6 Å². The van der Waals surface area contributed by atoms with Crippen molar-refractivity contribution in [3.05, 3.63) is 28.2 Å². The largest absolute Gasteiger partial charge is 0.484 e. The lowest BCUT2D eigenvalue weighted by Gasteiger charge is -2.17. The van der Waals surface area contributed by atoms with Crippen molar-refractivity contribution in [2.45, 2.75) is 25.3 Å². The van der Waals surface area contributed by atoms with Crippen LogP contribution in [0.2, 0.25) is 10.0 Å². The minimum Gasteiger partial charge on any atom is -0.484 e. The van der Waals surface area contributed by atoms with E-state index in [9.17, 15) is 9.59 Å². The predicted octanol–water partition coefficient (Wildman–Crippen LogP) is 2.74. The van der Waals surface area contributed by atoms with Crippen molar-refractivity contribution in [2.24, 2.45) is 5.92 Å². The Hall–Kier alpha value is -1.46. The summed E-state index contributed by atoms with van der Waals surface area (Å²) in [6.07, 6.45) is 2.07. The third kappa shape index (κ3) is 4.25. The number of hydrogen-bond donors (Lipinski definition) is 2. The summed E-state index contributed by atoms with van der Waals surface area (Å²) < 4.78 is 5.31. The number of amides is 1. The fourth-order valence-corrected chi connectivity index (χ4v) is 2.68. The van der Waals surface area contributed by atoms with Crippen molar-refractivity contribution < 1.29 is 19.4 Å². The molecular weight excluding hydrogens is 317 g/mol. The standard InChI is InChI=1S/C14H15Cl2NO4/c15-10-5-4-8(6-11(10)16)21-7-13(18)17-12-3-1-2-9(12)14(19)20/h4-6,9,12H,1-3,7H2,(H,17,18)(H,19,20)/t9-,12+/m1/s1. The number of carbonyl (C=O) groups is 2. The zero-order valence-corrected chi connectivity index (χ0v) is 12.7. The molecule has 7 heteroatoms. The lowest BCUT2D eigenvalue weighted by atomic mass is 10.0. The van der Waals surface area contributed by atoms with Crippen molar-refractivity contribution in [3.8, 4) is 5.75 Å². The van der Waals surface area contributed by atoms with E-state index in [2.05, 4.69) is 5.32 Å². The fraction of sp³-hybridized carbons (Fsp3) is 0.429. The van der Waals surface area contributed by atoms with Crippen LogP contribution in [-0.2, 0) is 9.59 Å². The lowest BCUT2D eigenvalue weighted by Crippen LogP contribution is -2.42. The summed E-state index contributed by atoms with van der Waals surface area (Å²) in [6.45, 7) is -0.194. The molecule has 1 fully saturated rings. The smallest absolute Gasteiger partial charge is 0.308 e. The molecule has 1 aromatic rings. The van der Waals surface area contributed by atoms with Gasteiger partial charge in [-0.25, -0.2) is 0 Å². The molecule has 2 rings (SSSR count). The summed E-state index contributed by atoms with van der Waals surface area (Å²) in [5.74, 6) is -1.30. The van der Waals surface area contributed by atoms with Gasteiger partial charge in [0.05, 0.1) is 16.0 Å². The second-order valence-corrected chi connectivity index (χ2v) is 5.73. The summed E-state index contributed by atoms with van der Waals surface area (Å²) in [4.78, 5) is 22.8. The van der Waals surface area contributed by atoms with Gasteiger partial charge in [-0.3, -0.25) is 9.59 Å². The van der Waals surface area contributed by atoms with E-state index in [1.54, 1.807) is 12.1 Å². The Morgan fingerprint density at radius 3 is 2.71 bits per heavy atom. The van der Waals surface area contributed by atoms with Crippen LogP contribution < -0.4 is 10.1 Å². The Labute approximate surface area is 132 Å². The second kappa shape index (κ2) is 7.00. The van der Waals surface area contributed by atoms with Gasteiger partial charge in [0.15, 0.2) is 6.61 Å². The van der Waals surface area contributed by atoms with Gasteiger partial charge in [0.1, 0.15) is 5.75 Å². The molecule has 1 saturated carbocycles. The molecule has 2 atom stereocenters. The first-order chi connectivity index (χ1) is 9.97. The van der Waals surface area contributed by atoms with Crippen molar-refractivity contribution in [1.29, 1.82) is 0 Å². The number of hydrogen-bond acceptors (Lipinski definition) is 3. The van der Waals surface area contributed by atoms with Gasteiger partial charge in [-0.05, 0) is 25.0 Å². The van der Waals surface area contributed by atoms with Crippen molar-refractivity contribution in [3.63, 3.8) is 0 Å². The number of halogens is 2. The number of rotatable bonds is 5. The molecule has 0 aromatic heterocycles. The highest BCUT2D eigenvalue weighted by Crippen LogP contribution is 2.27. The van der Waals surface area contributed by atoms with E-state index in [0.717, 1.165) is 6.42 Å². The molecule has 0 radical (unpaired) electrons. The topological polar surface area (TPSA) is 75.6 Å². The number of benzene rings is 1. The Bertz CT molecular complexity index is 550. The molecule has 5 nitrogen and oxygen atoms in total. The highest BCUT2D eigenvalue weighted by Gasteiger charge is 2.33. The Morgan fingerprint density at radius 2 is 2.05 bits per heavy atom. The maximum absolute atomic E-state index is 11.8. The zero-order chi connectivity index (χ0) is 15.4. The number of nitrogens with one attached hydrogen (secondary N) is 1. The van der Waals surface area contributed by atoms with Crippen molar-refractivity contribution in [1.82, 2.24) is 5.32 Å². The average molecular weight is 332 g/mol. The number of carboxylic acid groups (broad SMARTS) is 1. The molecule has 114 valence electrons. The fourth-order valence-electron chi connectivity index (χ4n) is 2.39. The molecule has 0 aliphatic heterocycles. The molecular formula is C14H15Cl2NO4. The first-order valence-corrected chi connectivity index (χ1v) is 7.33. The van der Waals surface area contributed by atoms with Gasteiger partial charge < -0.3 is 15.2 Å². The molecule has 0 spiro atoms. The van der Waals surface area contributed by atoms with Crippen molar-refractivity contribution >= 4 is 35.1 Å². The number of ether oxygens (including phenoxy) is 1. The van der Waals surface area contributed by atoms with Gasteiger partial charge in [0.25, 0.3) is 5.91 Å². The molecule has 0 bridgehead atoms. The lowest BCUT2D eigenvalue weighted by molar-refractivity contribution is -0.142. The summed E-state index contributed by atoms with van der Waals surface area (Å²) in [5, 5.41) is 12.5. The molecule has 0 heterocycles. The Morgan fingerprint density at radius 1 is 1.29 bits per heavy atom. The van der Waals surface area contributed by atoms with Crippen LogP contribution in [0.25, 0.3) is 0 Å². The van der Waals surface area contributed by atoms with Gasteiger partial charge in [-0.2, -0.15) is 0 Å². The number of carbonyl (C=O) groups excluding carboxylic acids is 1. The van der Waals surface area contributed by atoms with Crippen molar-refractivity contribution in [2.75, 3.05) is 6.61 Å². The summed E-state index contributed by atoms with van der Waals surface area (Å²) >= 11 is 11.6. The predicted molar refractivity (Wildman–Crippen MR) is 78.9 cm³/mol. The monoisotopic (exact) mass is 331 g/mol. The Kier molecular flexibility index (Phi) is 5.31. The summed E-state index contributed by atoms with van der Waals surface area (Å²) in [6, 6.07) is 4.38. The van der Waals surface area contributed by atoms with Crippen LogP contribution in [0.4, 0.5) is 0 Å². The summed E-state index contributed by atoms with van der Waals surface area (Å²) in [5.41, 5.74) is 0. The molecule has 1 amide bonds. The van der Waals surface area contributed by atoms with Crippen LogP contribution >= 0.6 is 23.2 Å². The van der Waals surface area contributed by atoms with E-state index in [0.29, 0.717) is 28.6 Å². The van der Waals surface area contributed by atoms with E-state index in [4.69, 9.17) is 33.0 Å². The molecule has 21 heavy (non-hydrogen) atoms. The minimum atomic E-state index is -0.872. The first-order valence-electron chi connectivity index (χ1n) is 6.57. The van der Waals surface area contributed by atoms with Crippen LogP contribution in [0.5, 0.6) is 5.75 Å². The molecule has 2 N–H and O–H groups in total. The zero-order valence-electron chi connectivity index (χ0n) is 11.1. The van der Waals surface area contributed by atoms with Crippen LogP contribution in [0, 0.1) is 5.92 Å². The van der Waals surface area contributed by atoms with Gasteiger partial charge in [0.2, 0.25) is 0 Å². The van der Waals surface area contributed by atoms with Gasteiger partial charge in [0, 0.05) is 12.1 Å². The van der Waals surface area contributed by atoms with E-state index in [1.165, 1.54) is 6.07 Å². The van der Waals surface area contributed by atoms with E-state index < -0.39 is 11.9 Å². The maximum Gasteiger partial charge on any atom is 0.308 e. The number of carboxylic acids is 1. The quantitative estimate of drug-likeness (QED) is 0.869. The average Bonchev–Trinajstić information content (AvgIpc) is 2.88. The van der Waals surface area contributed by atoms with E-state index >= 15 is 0 Å². The minimum absolute atomic E-state index is 0.194. The SMILES string of the molecule is O=C(COc1ccc(Cl)c(Cl)c1)N[C@H]1CCC[C@H]1C(=O)O. The van der Waals surface area contributed by atoms with Crippen LogP contribution in [0.1, 0.15) is 19.3 Å². The third-order valence-corrected chi connectivity index (χ3v) is 4.18. The van der Waals surface area contributed by atoms with Gasteiger partial charge in [-0.1, -0.05) is 29.6 Å². The number of aliphatic carboxylic acids is 1. The van der Waals surface area contributed by atoms with E-state index in [-0.39, 0.29) is 18.6 Å². The van der Waals surface area contributed by atoms with Crippen LogP contribution in [0.15, 0.2) is 18.2 Å².